The Morgan fingerprint density at radius 1 is 0.850 bits per heavy atom. The summed E-state index contributed by atoms with van der Waals surface area (Å²) in [7, 11) is 1.65. The zero-order chi connectivity index (χ0) is 44.1. The van der Waals surface area contributed by atoms with Crippen molar-refractivity contribution in [3.63, 3.8) is 0 Å². The van der Waals surface area contributed by atoms with Gasteiger partial charge in [0.2, 0.25) is 29.5 Å². The van der Waals surface area contributed by atoms with Crippen molar-refractivity contribution in [2.75, 3.05) is 39.9 Å². The lowest BCUT2D eigenvalue weighted by atomic mass is 9.90. The zero-order valence-electron chi connectivity index (χ0n) is 37.5. The van der Waals surface area contributed by atoms with Crippen LogP contribution in [0.25, 0.3) is 0 Å². The second-order valence-corrected chi connectivity index (χ2v) is 17.5. The third-order valence-electron chi connectivity index (χ3n) is 11.7. The largest absolute Gasteiger partial charge is 0.491 e. The van der Waals surface area contributed by atoms with Crippen molar-refractivity contribution in [3.8, 4) is 5.75 Å². The van der Waals surface area contributed by atoms with Crippen molar-refractivity contribution in [1.82, 2.24) is 31.5 Å². The molecule has 9 N–H and O–H groups in total. The molecule has 15 heteroatoms. The molecule has 3 rings (SSSR count). The third-order valence-corrected chi connectivity index (χ3v) is 11.7. The van der Waals surface area contributed by atoms with Crippen LogP contribution in [0.1, 0.15) is 130 Å². The Balaban J connectivity index is 2.02. The Hall–Kier alpha value is -3.79. The van der Waals surface area contributed by atoms with Crippen LogP contribution in [-0.4, -0.2) is 110 Å². The number of ether oxygens (including phenoxy) is 2. The molecule has 60 heavy (non-hydrogen) atoms. The lowest BCUT2D eigenvalue weighted by Gasteiger charge is -2.35. The number of carbonyl (C=O) groups excluding carboxylic acids is 5. The molecule has 1 heterocycles. The summed E-state index contributed by atoms with van der Waals surface area (Å²) in [6, 6.07) is 3.27. The summed E-state index contributed by atoms with van der Waals surface area (Å²) in [6.07, 6.45) is 11.3. The maximum Gasteiger partial charge on any atom is 0.246 e. The molecule has 1 saturated heterocycles. The van der Waals surface area contributed by atoms with Crippen LogP contribution in [0.4, 0.5) is 0 Å². The number of carbonyl (C=O) groups is 5. The highest BCUT2D eigenvalue weighted by Crippen LogP contribution is 2.27. The van der Waals surface area contributed by atoms with Gasteiger partial charge in [-0.3, -0.25) is 24.0 Å². The molecule has 5 amide bonds. The molecule has 340 valence electrons. The molecule has 1 aliphatic carbocycles. The van der Waals surface area contributed by atoms with Gasteiger partial charge in [-0.1, -0.05) is 90.7 Å². The molecule has 15 nitrogen and oxygen atoms in total. The summed E-state index contributed by atoms with van der Waals surface area (Å²) in [5.74, 6) is -2.65. The number of hydrogen-bond donors (Lipinski definition) is 7. The van der Waals surface area contributed by atoms with Gasteiger partial charge in [-0.25, -0.2) is 0 Å². The molecule has 0 spiro atoms. The Morgan fingerprint density at radius 3 is 2.23 bits per heavy atom. The van der Waals surface area contributed by atoms with Crippen molar-refractivity contribution in [3.05, 3.63) is 29.8 Å². The van der Waals surface area contributed by atoms with E-state index in [0.29, 0.717) is 38.1 Å². The van der Waals surface area contributed by atoms with Crippen molar-refractivity contribution in [2.24, 2.45) is 23.3 Å². The highest BCUT2D eigenvalue weighted by molar-refractivity contribution is 5.96. The zero-order valence-corrected chi connectivity index (χ0v) is 37.5. The van der Waals surface area contributed by atoms with Crippen LogP contribution in [0, 0.1) is 11.8 Å². The maximum absolute atomic E-state index is 14.3. The summed E-state index contributed by atoms with van der Waals surface area (Å²) >= 11 is 0. The van der Waals surface area contributed by atoms with Gasteiger partial charge in [0.25, 0.3) is 0 Å². The van der Waals surface area contributed by atoms with Gasteiger partial charge in [0, 0.05) is 20.1 Å². The van der Waals surface area contributed by atoms with Crippen LogP contribution in [0.15, 0.2) is 24.3 Å². The van der Waals surface area contributed by atoms with Gasteiger partial charge in [0.15, 0.2) is 0 Å². The molecule has 1 aromatic rings. The molecule has 2 fully saturated rings. The highest BCUT2D eigenvalue weighted by atomic mass is 16.5. The van der Waals surface area contributed by atoms with E-state index in [-0.39, 0.29) is 31.6 Å². The summed E-state index contributed by atoms with van der Waals surface area (Å²) in [6.45, 7) is 11.1. The summed E-state index contributed by atoms with van der Waals surface area (Å²) in [4.78, 5) is 72.6. The number of unbranched alkanes of at least 4 members (excludes halogenated alkanes) is 3. The first-order valence-corrected chi connectivity index (χ1v) is 22.7. The van der Waals surface area contributed by atoms with Crippen molar-refractivity contribution in [1.29, 1.82) is 0 Å². The van der Waals surface area contributed by atoms with Gasteiger partial charge in [-0.15, -0.1) is 0 Å². The third kappa shape index (κ3) is 16.6. The van der Waals surface area contributed by atoms with E-state index in [1.54, 1.807) is 13.1 Å². The second-order valence-electron chi connectivity index (χ2n) is 17.5. The van der Waals surface area contributed by atoms with Crippen LogP contribution in [0.5, 0.6) is 5.75 Å². The molecule has 6 atom stereocenters. The standard InChI is InChI=1S/C45H78N8O7/c1-7-9-10-15-23-38-31(3)44(58)53(6)37(18-8-2)42(56)51-39(33-20-13-11-12-14-21-33)43(57)49-35(27-47)40(54)50-36(41(55)52-45(4,5)30-60-38)29-59-34-22-16-19-32(26-34)28-48-25-17-24-46/h16,19,22,26,31,33,35-39,48H,7-15,17-18,20-21,23-25,27-30,46-47H2,1-6H3,(H,49,57)(H,50,54)(H,51,56)(H,52,55)/t31-,35+,36+,37+,38-,39+/m1/s1. The number of amides is 5. The summed E-state index contributed by atoms with van der Waals surface area (Å²) < 4.78 is 12.7. The minimum absolute atomic E-state index is 0.0721. The average molecular weight is 843 g/mol. The van der Waals surface area contributed by atoms with Crippen LogP contribution in [0.3, 0.4) is 0 Å². The summed E-state index contributed by atoms with van der Waals surface area (Å²) in [5, 5.41) is 15.0. The molecule has 0 unspecified atom stereocenters. The Kier molecular flexibility index (Phi) is 22.4. The smallest absolute Gasteiger partial charge is 0.246 e. The first kappa shape index (κ1) is 50.6. The van der Waals surface area contributed by atoms with Crippen LogP contribution in [0.2, 0.25) is 0 Å². The second kappa shape index (κ2) is 26.5. The van der Waals surface area contributed by atoms with Crippen molar-refractivity contribution < 1.29 is 33.4 Å². The monoisotopic (exact) mass is 843 g/mol. The number of nitrogens with two attached hydrogens (primary N) is 2. The topological polar surface area (TPSA) is 219 Å². The highest BCUT2D eigenvalue weighted by Gasteiger charge is 2.39. The number of nitrogens with one attached hydrogen (secondary N) is 5. The predicted octanol–water partition coefficient (Wildman–Crippen LogP) is 3.41. The predicted molar refractivity (Wildman–Crippen MR) is 235 cm³/mol. The van der Waals surface area contributed by atoms with E-state index < -0.39 is 65.4 Å². The molecular formula is C45H78N8O7. The fourth-order valence-corrected chi connectivity index (χ4v) is 8.05. The van der Waals surface area contributed by atoms with E-state index >= 15 is 0 Å². The van der Waals surface area contributed by atoms with Gasteiger partial charge in [0.1, 0.15) is 36.5 Å². The lowest BCUT2D eigenvalue weighted by Crippen LogP contribution is -2.62. The molecular weight excluding hydrogens is 765 g/mol. The maximum atomic E-state index is 14.3. The van der Waals surface area contributed by atoms with Gasteiger partial charge in [-0.05, 0) is 82.7 Å². The van der Waals surface area contributed by atoms with E-state index in [1.165, 1.54) is 4.90 Å². The van der Waals surface area contributed by atoms with Gasteiger partial charge >= 0.3 is 0 Å². The van der Waals surface area contributed by atoms with Crippen LogP contribution >= 0.6 is 0 Å². The molecule has 1 saturated carbocycles. The van der Waals surface area contributed by atoms with Crippen molar-refractivity contribution in [2.45, 2.75) is 167 Å². The molecule has 0 aromatic heterocycles. The molecule has 0 radical (unpaired) electrons. The SMILES string of the molecule is CCCCCC[C@H]1OCC(C)(C)NC(=O)[C@H](COc2cccc(CNCCCN)c2)NC(=O)[C@H](CN)NC(=O)[C@H](C2CCCCCC2)NC(=O)[C@H](CCC)N(C)C(=O)[C@@H]1C. The van der Waals surface area contributed by atoms with Gasteiger partial charge in [0.05, 0.1) is 24.2 Å². The van der Waals surface area contributed by atoms with E-state index in [4.69, 9.17) is 20.9 Å². The molecule has 1 aromatic carbocycles. The minimum atomic E-state index is -1.22. The number of rotatable bonds is 17. The Bertz CT molecular complexity index is 1490. The van der Waals surface area contributed by atoms with E-state index in [1.807, 2.05) is 45.9 Å². The fraction of sp³-hybridized carbons (Fsp3) is 0.756. The van der Waals surface area contributed by atoms with Crippen molar-refractivity contribution >= 4 is 29.5 Å². The van der Waals surface area contributed by atoms with E-state index in [9.17, 15) is 24.0 Å². The molecule has 2 aliphatic rings. The molecule has 1 aliphatic heterocycles. The lowest BCUT2D eigenvalue weighted by molar-refractivity contribution is -0.147. The number of benzene rings is 1. The van der Waals surface area contributed by atoms with E-state index in [2.05, 4.69) is 33.5 Å². The molecule has 0 bridgehead atoms. The van der Waals surface area contributed by atoms with Crippen LogP contribution in [-0.2, 0) is 35.3 Å². The Labute approximate surface area is 359 Å². The Morgan fingerprint density at radius 2 is 1.57 bits per heavy atom. The quantitative estimate of drug-likeness (QED) is 0.0896. The summed E-state index contributed by atoms with van der Waals surface area (Å²) in [5.41, 5.74) is 11.8. The number of hydrogen-bond acceptors (Lipinski definition) is 10. The van der Waals surface area contributed by atoms with Crippen LogP contribution < -0.4 is 42.8 Å². The van der Waals surface area contributed by atoms with E-state index in [0.717, 1.165) is 82.7 Å². The van der Waals surface area contributed by atoms with Gasteiger partial charge in [-0.2, -0.15) is 0 Å². The first-order valence-electron chi connectivity index (χ1n) is 22.7. The minimum Gasteiger partial charge on any atom is -0.491 e. The fourth-order valence-electron chi connectivity index (χ4n) is 8.05. The van der Waals surface area contributed by atoms with Gasteiger partial charge < -0.3 is 52.4 Å². The normalized spacial score (nSPS) is 25.8. The average Bonchev–Trinajstić information content (AvgIpc) is 3.52. The number of likely N-dealkylation sites (N-methyl/N-ethyl adjacent to an activating group) is 1. The number of nitrogens with zero attached hydrogens (tertiary/aromatic N) is 1. The first-order chi connectivity index (χ1) is 28.7.